The molecule has 0 bridgehead atoms. The van der Waals surface area contributed by atoms with Gasteiger partial charge in [-0.1, -0.05) is 0 Å². The number of alkyl halides is 1. The van der Waals surface area contributed by atoms with Crippen LogP contribution < -0.4 is 0 Å². The maximum atomic E-state index is 10.5. The molecule has 0 aliphatic carbocycles. The zero-order chi connectivity index (χ0) is 4.28. The molecule has 4 heteroatoms. The zero-order valence-electron chi connectivity index (χ0n) is 3.15. The normalized spacial score (nSPS) is 6.17. The molecule has 2 nitrogen and oxygen atoms in total. The third-order valence-corrected chi connectivity index (χ3v) is 0.114. The first-order chi connectivity index (χ1) is 2.27. The van der Waals surface area contributed by atoms with Crippen molar-refractivity contribution in [3.63, 3.8) is 0 Å². The van der Waals surface area contributed by atoms with Crippen LogP contribution in [-0.4, -0.2) is 40.8 Å². The van der Waals surface area contributed by atoms with E-state index in [1.807, 2.05) is 0 Å². The Balaban J connectivity index is 0. The van der Waals surface area contributed by atoms with Gasteiger partial charge in [0.2, 0.25) is 0 Å². The second-order valence-electron chi connectivity index (χ2n) is 0.527. The summed E-state index contributed by atoms with van der Waals surface area (Å²) in [6.45, 7) is -1.28. The van der Waals surface area contributed by atoms with Crippen molar-refractivity contribution < 1.29 is 14.3 Å². The molecule has 0 atom stereocenters. The van der Waals surface area contributed by atoms with Gasteiger partial charge in [0.05, 0.1) is 0 Å². The van der Waals surface area contributed by atoms with Crippen LogP contribution in [0.3, 0.4) is 0 Å². The summed E-state index contributed by atoms with van der Waals surface area (Å²) >= 11 is 0. The van der Waals surface area contributed by atoms with Gasteiger partial charge in [-0.25, -0.2) is 9.18 Å². The summed E-state index contributed by atoms with van der Waals surface area (Å²) in [5.41, 5.74) is 0. The Labute approximate surface area is 50.5 Å². The second kappa shape index (κ2) is 5.17. The van der Waals surface area contributed by atoms with Crippen molar-refractivity contribution >= 4 is 29.0 Å². The zero-order valence-corrected chi connectivity index (χ0v) is 4.56. The van der Waals surface area contributed by atoms with Crippen LogP contribution in [-0.2, 0) is 4.79 Å². The van der Waals surface area contributed by atoms with Crippen LogP contribution in [0.2, 0.25) is 0 Å². The van der Waals surface area contributed by atoms with Crippen molar-refractivity contribution in [1.82, 2.24) is 0 Å². The fourth-order valence-corrected chi connectivity index (χ4v) is 0. The van der Waals surface area contributed by atoms with Crippen molar-refractivity contribution in [3.05, 3.63) is 0 Å². The fourth-order valence-electron chi connectivity index (χ4n) is 0. The summed E-state index contributed by atoms with van der Waals surface area (Å²) < 4.78 is 10.5. The van der Waals surface area contributed by atoms with Gasteiger partial charge >= 0.3 is 5.97 Å². The lowest BCUT2D eigenvalue weighted by Crippen LogP contribution is -1.93. The number of aliphatic carboxylic acids is 1. The first-order valence-corrected chi connectivity index (χ1v) is 1.05. The summed E-state index contributed by atoms with van der Waals surface area (Å²) in [7, 11) is 0. The predicted molar refractivity (Wildman–Crippen MR) is 19.4 cm³/mol. The summed E-state index contributed by atoms with van der Waals surface area (Å²) in [4.78, 5) is 8.99. The first kappa shape index (κ1) is 9.48. The van der Waals surface area contributed by atoms with Crippen LogP contribution in [0.5, 0.6) is 0 Å². The van der Waals surface area contributed by atoms with Crippen LogP contribution >= 0.6 is 0 Å². The van der Waals surface area contributed by atoms with Gasteiger partial charge in [0.15, 0.2) is 6.67 Å². The molecule has 0 heterocycles. The van der Waals surface area contributed by atoms with Crippen molar-refractivity contribution in [1.29, 1.82) is 0 Å². The number of rotatable bonds is 1. The molecule has 0 unspecified atom stereocenters. The second-order valence-corrected chi connectivity index (χ2v) is 0.527. The van der Waals surface area contributed by atoms with Gasteiger partial charge < -0.3 is 5.11 Å². The highest BCUT2D eigenvalue weighted by Crippen LogP contribution is 1.60. The van der Waals surface area contributed by atoms with Crippen LogP contribution in [0.15, 0.2) is 0 Å². The molecule has 0 saturated heterocycles. The van der Waals surface area contributed by atoms with E-state index in [1.165, 1.54) is 0 Å². The molecule has 32 valence electrons. The van der Waals surface area contributed by atoms with Gasteiger partial charge in [-0.2, -0.15) is 0 Å². The molecule has 0 saturated carbocycles. The molecule has 0 fully saturated rings. The lowest BCUT2D eigenvalue weighted by atomic mass is 10.8. The highest BCUT2D eigenvalue weighted by molar-refractivity contribution is 5.75. The Morgan fingerprint density at radius 1 is 1.83 bits per heavy atom. The fraction of sp³-hybridized carbons (Fsp3) is 0.500. The third-order valence-electron chi connectivity index (χ3n) is 0.114. The van der Waals surface area contributed by atoms with E-state index in [-0.39, 0.29) is 23.1 Å². The minimum Gasteiger partial charge on any atom is -0.479 e. The van der Waals surface area contributed by atoms with E-state index in [1.54, 1.807) is 0 Å². The Morgan fingerprint density at radius 2 is 2.00 bits per heavy atom. The van der Waals surface area contributed by atoms with Crippen molar-refractivity contribution in [2.45, 2.75) is 0 Å². The van der Waals surface area contributed by atoms with Gasteiger partial charge in [-0.05, 0) is 0 Å². The molecule has 1 N–H and O–H groups in total. The average molecular weight is 102 g/mol. The van der Waals surface area contributed by atoms with E-state index in [4.69, 9.17) is 9.90 Å². The number of hydrogen-bond acceptors (Lipinski definition) is 1. The van der Waals surface area contributed by atoms with Crippen molar-refractivity contribution in [2.24, 2.45) is 0 Å². The van der Waals surface area contributed by atoms with Crippen LogP contribution in [0.1, 0.15) is 0 Å². The molecule has 0 amide bonds. The smallest absolute Gasteiger partial charge is 0.335 e. The standard InChI is InChI=1S/C2H3FO2.Mg/c3-1-2(4)5;/h1H2,(H,4,5);. The van der Waals surface area contributed by atoms with E-state index in [2.05, 4.69) is 0 Å². The molecular formula is C2H3FMgO2. The molecule has 0 aromatic heterocycles. The van der Waals surface area contributed by atoms with E-state index >= 15 is 0 Å². The molecule has 0 rings (SSSR count). The minimum absolute atomic E-state index is 0. The first-order valence-electron chi connectivity index (χ1n) is 1.05. The van der Waals surface area contributed by atoms with E-state index in [0.29, 0.717) is 0 Å². The number of carbonyl (C=O) groups is 1. The van der Waals surface area contributed by atoms with Crippen molar-refractivity contribution in [2.75, 3.05) is 6.67 Å². The Bertz CT molecular complexity index is 46.8. The maximum Gasteiger partial charge on any atom is 0.335 e. The van der Waals surface area contributed by atoms with Gasteiger partial charge in [0.1, 0.15) is 0 Å². The van der Waals surface area contributed by atoms with Gasteiger partial charge in [-0.3, -0.25) is 0 Å². The summed E-state index contributed by atoms with van der Waals surface area (Å²) in [6, 6.07) is 0. The van der Waals surface area contributed by atoms with E-state index in [0.717, 1.165) is 0 Å². The highest BCUT2D eigenvalue weighted by Gasteiger charge is 1.85. The number of halogens is 1. The van der Waals surface area contributed by atoms with Gasteiger partial charge in [-0.15, -0.1) is 0 Å². The molecule has 0 aliphatic heterocycles. The van der Waals surface area contributed by atoms with E-state index < -0.39 is 12.6 Å². The Hall–Kier alpha value is 0.166. The predicted octanol–water partition coefficient (Wildman–Crippen LogP) is -0.340. The van der Waals surface area contributed by atoms with Crippen LogP contribution in [0, 0.1) is 0 Å². The van der Waals surface area contributed by atoms with Gasteiger partial charge in [0.25, 0.3) is 0 Å². The quantitative estimate of drug-likeness (QED) is 0.460. The molecule has 6 heavy (non-hydrogen) atoms. The molecule has 0 aliphatic rings. The molecular weight excluding hydrogens is 99.3 g/mol. The average Bonchev–Trinajstić information content (AvgIpc) is 1.38. The van der Waals surface area contributed by atoms with Gasteiger partial charge in [0, 0.05) is 23.1 Å². The highest BCUT2D eigenvalue weighted by atomic mass is 24.3. The molecule has 2 radical (unpaired) electrons. The molecule has 0 aromatic carbocycles. The Kier molecular flexibility index (Phi) is 8.16. The number of carboxylic acid groups (broad SMARTS) is 1. The largest absolute Gasteiger partial charge is 0.479 e. The lowest BCUT2D eigenvalue weighted by molar-refractivity contribution is -0.137. The maximum absolute atomic E-state index is 10.5. The van der Waals surface area contributed by atoms with E-state index in [9.17, 15) is 4.39 Å². The monoisotopic (exact) mass is 102 g/mol. The number of hydrogen-bond donors (Lipinski definition) is 1. The van der Waals surface area contributed by atoms with Crippen LogP contribution in [0.25, 0.3) is 0 Å². The summed E-state index contributed by atoms with van der Waals surface area (Å²) in [6.07, 6.45) is 0. The summed E-state index contributed by atoms with van der Waals surface area (Å²) in [5.74, 6) is -1.41. The SMILES string of the molecule is O=C(O)CF.[Mg]. The molecule has 0 spiro atoms. The third kappa shape index (κ3) is 8.90. The Morgan fingerprint density at radius 3 is 2.00 bits per heavy atom. The number of carboxylic acids is 1. The summed E-state index contributed by atoms with van der Waals surface area (Å²) in [5, 5.41) is 7.35. The topological polar surface area (TPSA) is 37.3 Å². The van der Waals surface area contributed by atoms with Crippen LogP contribution in [0.4, 0.5) is 4.39 Å². The minimum atomic E-state index is -1.41. The lowest BCUT2D eigenvalue weighted by Gasteiger charge is -1.69. The van der Waals surface area contributed by atoms with Crippen molar-refractivity contribution in [3.8, 4) is 0 Å². The molecule has 0 aromatic rings.